The maximum atomic E-state index is 12.9. The van der Waals surface area contributed by atoms with E-state index in [1.807, 2.05) is 19.1 Å². The Morgan fingerprint density at radius 1 is 1.40 bits per heavy atom. The zero-order chi connectivity index (χ0) is 17.8. The molecule has 2 aromatic heterocycles. The molecule has 4 rings (SSSR count). The molecule has 3 heterocycles. The maximum absolute atomic E-state index is 12.9. The number of aromatic nitrogens is 1. The van der Waals surface area contributed by atoms with Crippen molar-refractivity contribution in [3.8, 4) is 11.1 Å². The summed E-state index contributed by atoms with van der Waals surface area (Å²) in [6.07, 6.45) is 3.84. The number of carbonyl (C=O) groups is 1. The van der Waals surface area contributed by atoms with Crippen molar-refractivity contribution < 1.29 is 4.79 Å². The third kappa shape index (κ3) is 2.73. The lowest BCUT2D eigenvalue weighted by atomic mass is 9.78. The van der Waals surface area contributed by atoms with Gasteiger partial charge in [-0.15, -0.1) is 11.3 Å². The minimum absolute atomic E-state index is 0.0376. The molecule has 25 heavy (non-hydrogen) atoms. The number of hydrogen-bond donors (Lipinski definition) is 2. The van der Waals surface area contributed by atoms with Gasteiger partial charge in [0.2, 0.25) is 5.91 Å². The lowest BCUT2D eigenvalue weighted by molar-refractivity contribution is -0.136. The van der Waals surface area contributed by atoms with Gasteiger partial charge in [-0.1, -0.05) is 11.6 Å². The summed E-state index contributed by atoms with van der Waals surface area (Å²) >= 11 is 7.62. The number of rotatable bonds is 3. The van der Waals surface area contributed by atoms with Crippen molar-refractivity contribution in [1.82, 2.24) is 15.2 Å². The van der Waals surface area contributed by atoms with E-state index in [2.05, 4.69) is 21.7 Å². The van der Waals surface area contributed by atoms with E-state index in [4.69, 9.17) is 17.0 Å². The van der Waals surface area contributed by atoms with E-state index in [1.54, 1.807) is 24.6 Å². The van der Waals surface area contributed by atoms with Crippen LogP contribution in [0.1, 0.15) is 24.6 Å². The molecule has 1 saturated carbocycles. The molecule has 7 heteroatoms. The van der Waals surface area contributed by atoms with Gasteiger partial charge in [0.05, 0.1) is 11.5 Å². The monoisotopic (exact) mass is 374 g/mol. The van der Waals surface area contributed by atoms with Crippen LogP contribution in [0.5, 0.6) is 0 Å². The van der Waals surface area contributed by atoms with E-state index in [-0.39, 0.29) is 17.8 Å². The minimum Gasteiger partial charge on any atom is -0.345 e. The third-order valence-corrected chi connectivity index (χ3v) is 6.57. The summed E-state index contributed by atoms with van der Waals surface area (Å²) in [6.45, 7) is 2.05. The van der Waals surface area contributed by atoms with Crippen molar-refractivity contribution >= 4 is 34.8 Å². The Morgan fingerprint density at radius 3 is 2.84 bits per heavy atom. The summed E-state index contributed by atoms with van der Waals surface area (Å²) in [6, 6.07) is 5.86. The minimum atomic E-state index is -0.554. The van der Waals surface area contributed by atoms with Gasteiger partial charge in [-0.25, -0.2) is 4.98 Å². The number of pyridine rings is 1. The molecule has 1 aliphatic carbocycles. The van der Waals surface area contributed by atoms with Crippen molar-refractivity contribution in [3.05, 3.63) is 39.8 Å². The maximum Gasteiger partial charge on any atom is 0.235 e. The summed E-state index contributed by atoms with van der Waals surface area (Å²) < 4.78 is 0. The molecule has 5 nitrogen and oxygen atoms in total. The van der Waals surface area contributed by atoms with Crippen molar-refractivity contribution in [3.63, 3.8) is 0 Å². The molecule has 2 fully saturated rings. The number of halogens is 1. The van der Waals surface area contributed by atoms with Crippen molar-refractivity contribution in [2.24, 2.45) is 11.8 Å². The van der Waals surface area contributed by atoms with Crippen LogP contribution in [0.4, 0.5) is 0 Å². The van der Waals surface area contributed by atoms with Crippen LogP contribution in [0.15, 0.2) is 29.8 Å². The molecule has 130 valence electrons. The molecular formula is C18H19ClN4OS. The van der Waals surface area contributed by atoms with Crippen molar-refractivity contribution in [1.29, 1.82) is 5.41 Å². The molecule has 0 spiro atoms. The first-order chi connectivity index (χ1) is 11.9. The Kier molecular flexibility index (Phi) is 3.85. The summed E-state index contributed by atoms with van der Waals surface area (Å²) in [7, 11) is 1.67. The van der Waals surface area contributed by atoms with Gasteiger partial charge in [0.15, 0.2) is 5.96 Å². The normalized spacial score (nSPS) is 26.7. The number of carbonyl (C=O) groups excluding carboxylic acids is 1. The molecule has 1 amide bonds. The zero-order valence-electron chi connectivity index (χ0n) is 14.0. The molecule has 0 radical (unpaired) electrons. The van der Waals surface area contributed by atoms with Crippen LogP contribution in [-0.4, -0.2) is 28.8 Å². The van der Waals surface area contributed by atoms with E-state index in [0.29, 0.717) is 11.1 Å². The van der Waals surface area contributed by atoms with E-state index in [1.165, 1.54) is 4.90 Å². The highest BCUT2D eigenvalue weighted by Crippen LogP contribution is 2.49. The van der Waals surface area contributed by atoms with Gasteiger partial charge in [0, 0.05) is 18.1 Å². The number of thiophene rings is 1. The predicted molar refractivity (Wildman–Crippen MR) is 99.8 cm³/mol. The molecule has 1 aliphatic heterocycles. The second-order valence-corrected chi connectivity index (χ2v) is 8.25. The lowest BCUT2D eigenvalue weighted by Crippen LogP contribution is -2.64. The van der Waals surface area contributed by atoms with Gasteiger partial charge in [0.1, 0.15) is 5.15 Å². The van der Waals surface area contributed by atoms with Gasteiger partial charge in [-0.05, 0) is 60.4 Å². The van der Waals surface area contributed by atoms with Crippen LogP contribution in [0, 0.1) is 17.2 Å². The molecule has 0 aromatic carbocycles. The Bertz CT molecular complexity index is 862. The second kappa shape index (κ2) is 5.81. The third-order valence-electron chi connectivity index (χ3n) is 5.20. The highest BCUT2D eigenvalue weighted by atomic mass is 35.5. The molecule has 1 saturated heterocycles. The highest BCUT2D eigenvalue weighted by Gasteiger charge is 2.54. The number of amides is 1. The molecule has 2 atom stereocenters. The van der Waals surface area contributed by atoms with E-state index in [0.717, 1.165) is 28.8 Å². The first kappa shape index (κ1) is 16.5. The lowest BCUT2D eigenvalue weighted by Gasteiger charge is -2.45. The van der Waals surface area contributed by atoms with Crippen molar-refractivity contribution in [2.75, 3.05) is 7.05 Å². The summed E-state index contributed by atoms with van der Waals surface area (Å²) in [4.78, 5) is 19.4. The van der Waals surface area contributed by atoms with Crippen molar-refractivity contribution in [2.45, 2.75) is 25.3 Å². The first-order valence-corrected chi connectivity index (χ1v) is 9.51. The molecule has 2 N–H and O–H groups in total. The van der Waals surface area contributed by atoms with E-state index < -0.39 is 5.54 Å². The quantitative estimate of drug-likeness (QED) is 0.805. The van der Waals surface area contributed by atoms with Crippen LogP contribution in [0.3, 0.4) is 0 Å². The summed E-state index contributed by atoms with van der Waals surface area (Å²) in [5, 5.41) is 14.0. The Balaban J connectivity index is 1.74. The fourth-order valence-electron chi connectivity index (χ4n) is 3.63. The smallest absolute Gasteiger partial charge is 0.235 e. The number of nitrogens with zero attached hydrogens (tertiary/aromatic N) is 2. The standard InChI is InChI=1S/C18H19ClN4OS/c1-18(15(10-3-4-10)16(24)23(2)17(20)22-18)13-7-12(9-25-13)11-5-6-21-14(19)8-11/h5-10,15H,3-4H2,1-2H3,(H2,20,22)/t15-,18+/m0/s1. The summed E-state index contributed by atoms with van der Waals surface area (Å²) in [5.74, 6) is 0.447. The Hall–Kier alpha value is -1.92. The van der Waals surface area contributed by atoms with Gasteiger partial charge in [-0.3, -0.25) is 15.1 Å². The Labute approximate surface area is 155 Å². The SMILES string of the molecule is CN1C(=N)N[C@](C)(c2cc(-c3ccnc(Cl)c3)cs2)[C@@H](C2CC2)C1=O. The molecule has 2 aromatic rings. The number of hydrogen-bond acceptors (Lipinski definition) is 4. The van der Waals surface area contributed by atoms with Gasteiger partial charge >= 0.3 is 0 Å². The number of guanidine groups is 1. The average Bonchev–Trinajstić information content (AvgIpc) is 3.26. The van der Waals surface area contributed by atoms with E-state index in [9.17, 15) is 4.79 Å². The van der Waals surface area contributed by atoms with Gasteiger partial charge < -0.3 is 5.32 Å². The van der Waals surface area contributed by atoms with Crippen LogP contribution in [0.2, 0.25) is 5.15 Å². The fourth-order valence-corrected chi connectivity index (χ4v) is 4.88. The number of nitrogens with one attached hydrogen (secondary N) is 2. The van der Waals surface area contributed by atoms with Crippen LogP contribution >= 0.6 is 22.9 Å². The van der Waals surface area contributed by atoms with Gasteiger partial charge in [0.25, 0.3) is 0 Å². The van der Waals surface area contributed by atoms with Crippen LogP contribution in [-0.2, 0) is 10.3 Å². The average molecular weight is 375 g/mol. The molecule has 2 aliphatic rings. The predicted octanol–water partition coefficient (Wildman–Crippen LogP) is 3.70. The highest BCUT2D eigenvalue weighted by molar-refractivity contribution is 7.10. The van der Waals surface area contributed by atoms with Crippen LogP contribution < -0.4 is 5.32 Å². The first-order valence-electron chi connectivity index (χ1n) is 8.25. The summed E-state index contributed by atoms with van der Waals surface area (Å²) in [5.41, 5.74) is 1.50. The fraction of sp³-hybridized carbons (Fsp3) is 0.389. The second-order valence-electron chi connectivity index (χ2n) is 6.96. The zero-order valence-corrected chi connectivity index (χ0v) is 15.6. The molecular weight excluding hydrogens is 356 g/mol. The largest absolute Gasteiger partial charge is 0.345 e. The van der Waals surface area contributed by atoms with Gasteiger partial charge in [-0.2, -0.15) is 0 Å². The molecule has 0 bridgehead atoms. The van der Waals surface area contributed by atoms with Crippen LogP contribution in [0.25, 0.3) is 11.1 Å². The molecule has 0 unspecified atom stereocenters. The van der Waals surface area contributed by atoms with E-state index >= 15 is 0 Å². The Morgan fingerprint density at radius 2 is 2.16 bits per heavy atom. The topological polar surface area (TPSA) is 69.1 Å².